The topological polar surface area (TPSA) is 76.6 Å². The van der Waals surface area contributed by atoms with Gasteiger partial charge in [-0.2, -0.15) is 0 Å². The SMILES string of the molecule is COc1cccc([C@H](NC(=O)C2CCN(CCOc3ccc4ncsc4c3)CC2)c2ccccn2)c1. The van der Waals surface area contributed by atoms with Crippen LogP contribution in [0.25, 0.3) is 10.2 Å². The molecule has 0 aliphatic carbocycles. The Hall–Kier alpha value is -3.49. The molecule has 1 aliphatic heterocycles. The maximum absolute atomic E-state index is 13.3. The van der Waals surface area contributed by atoms with E-state index in [9.17, 15) is 4.79 Å². The van der Waals surface area contributed by atoms with Crippen molar-refractivity contribution in [2.75, 3.05) is 33.4 Å². The molecule has 4 aromatic rings. The molecule has 7 nitrogen and oxygen atoms in total. The number of pyridine rings is 1. The number of ether oxygens (including phenoxy) is 2. The van der Waals surface area contributed by atoms with Crippen molar-refractivity contribution < 1.29 is 14.3 Å². The Morgan fingerprint density at radius 1 is 1.08 bits per heavy atom. The first kappa shape index (κ1) is 24.2. The van der Waals surface area contributed by atoms with Crippen LogP contribution in [0.3, 0.4) is 0 Å². The molecule has 2 aromatic heterocycles. The summed E-state index contributed by atoms with van der Waals surface area (Å²) in [4.78, 5) is 24.5. The van der Waals surface area contributed by atoms with Gasteiger partial charge in [-0.15, -0.1) is 11.3 Å². The normalized spacial score (nSPS) is 15.5. The number of likely N-dealkylation sites (tertiary alicyclic amines) is 1. The van der Waals surface area contributed by atoms with E-state index in [-0.39, 0.29) is 17.9 Å². The molecule has 0 radical (unpaired) electrons. The van der Waals surface area contributed by atoms with Gasteiger partial charge in [0.15, 0.2) is 0 Å². The molecule has 0 spiro atoms. The second kappa shape index (κ2) is 11.5. The Morgan fingerprint density at radius 3 is 2.78 bits per heavy atom. The van der Waals surface area contributed by atoms with Crippen LogP contribution in [0, 0.1) is 5.92 Å². The highest BCUT2D eigenvalue weighted by atomic mass is 32.1. The first-order chi connectivity index (χ1) is 17.7. The van der Waals surface area contributed by atoms with Crippen molar-refractivity contribution in [3.05, 3.63) is 83.6 Å². The van der Waals surface area contributed by atoms with Gasteiger partial charge in [-0.05, 0) is 74.0 Å². The van der Waals surface area contributed by atoms with Gasteiger partial charge in [0.05, 0.1) is 34.6 Å². The zero-order valence-electron chi connectivity index (χ0n) is 20.3. The molecule has 0 unspecified atom stereocenters. The van der Waals surface area contributed by atoms with Crippen molar-refractivity contribution in [2.45, 2.75) is 18.9 Å². The van der Waals surface area contributed by atoms with E-state index in [0.717, 1.165) is 65.4 Å². The van der Waals surface area contributed by atoms with Crippen LogP contribution >= 0.6 is 11.3 Å². The van der Waals surface area contributed by atoms with Crippen LogP contribution in [0.4, 0.5) is 0 Å². The smallest absolute Gasteiger partial charge is 0.224 e. The summed E-state index contributed by atoms with van der Waals surface area (Å²) in [5.41, 5.74) is 4.62. The fourth-order valence-electron chi connectivity index (χ4n) is 4.59. The first-order valence-electron chi connectivity index (χ1n) is 12.2. The Morgan fingerprint density at radius 2 is 1.97 bits per heavy atom. The molecule has 0 saturated carbocycles. The van der Waals surface area contributed by atoms with Gasteiger partial charge in [0, 0.05) is 18.7 Å². The van der Waals surface area contributed by atoms with Crippen LogP contribution < -0.4 is 14.8 Å². The maximum atomic E-state index is 13.3. The molecular weight excluding hydrogens is 472 g/mol. The lowest BCUT2D eigenvalue weighted by Gasteiger charge is -2.32. The van der Waals surface area contributed by atoms with E-state index >= 15 is 0 Å². The molecule has 1 N–H and O–H groups in total. The average Bonchev–Trinajstić information content (AvgIpc) is 3.40. The molecule has 1 aliphatic rings. The number of nitrogens with zero attached hydrogens (tertiary/aromatic N) is 3. The number of fused-ring (bicyclic) bond motifs is 1. The van der Waals surface area contributed by atoms with Crippen LogP contribution in [0.5, 0.6) is 11.5 Å². The largest absolute Gasteiger partial charge is 0.497 e. The summed E-state index contributed by atoms with van der Waals surface area (Å²) in [6.07, 6.45) is 3.40. The van der Waals surface area contributed by atoms with Crippen molar-refractivity contribution in [3.8, 4) is 11.5 Å². The molecule has 36 heavy (non-hydrogen) atoms. The quantitative estimate of drug-likeness (QED) is 0.358. The zero-order chi connectivity index (χ0) is 24.7. The summed E-state index contributed by atoms with van der Waals surface area (Å²) in [6, 6.07) is 19.2. The second-order valence-corrected chi connectivity index (χ2v) is 9.81. The molecule has 1 fully saturated rings. The average molecular weight is 503 g/mol. The summed E-state index contributed by atoms with van der Waals surface area (Å²) in [7, 11) is 1.64. The van der Waals surface area contributed by atoms with Crippen LogP contribution in [0.1, 0.15) is 30.1 Å². The third kappa shape index (κ3) is 5.83. The predicted molar refractivity (Wildman–Crippen MR) is 141 cm³/mol. The highest BCUT2D eigenvalue weighted by molar-refractivity contribution is 7.16. The number of aromatic nitrogens is 2. The minimum Gasteiger partial charge on any atom is -0.497 e. The monoisotopic (exact) mass is 502 g/mol. The first-order valence-corrected chi connectivity index (χ1v) is 13.1. The van der Waals surface area contributed by atoms with Crippen LogP contribution in [-0.4, -0.2) is 54.1 Å². The molecule has 1 amide bonds. The third-order valence-corrected chi connectivity index (χ3v) is 7.43. The molecule has 5 rings (SSSR count). The molecule has 3 heterocycles. The molecule has 8 heteroatoms. The highest BCUT2D eigenvalue weighted by Crippen LogP contribution is 2.26. The molecule has 186 valence electrons. The minimum atomic E-state index is -0.323. The fourth-order valence-corrected chi connectivity index (χ4v) is 5.30. The number of amides is 1. The number of carbonyl (C=O) groups is 1. The third-order valence-electron chi connectivity index (χ3n) is 6.63. The summed E-state index contributed by atoms with van der Waals surface area (Å²) >= 11 is 1.62. The standard InChI is InChI=1S/C28H30N4O3S/c1-34-22-6-4-5-21(17-22)27(25-7-2-3-12-29-25)31-28(33)20-10-13-32(14-11-20)15-16-35-23-8-9-24-26(18-23)36-19-30-24/h2-9,12,17-20,27H,10-11,13-16H2,1H3,(H,31,33)/t27-/m0/s1. The molecule has 1 atom stereocenters. The number of thiazole rings is 1. The van der Waals surface area contributed by atoms with E-state index in [2.05, 4.69) is 20.2 Å². The lowest BCUT2D eigenvalue weighted by molar-refractivity contribution is -0.127. The summed E-state index contributed by atoms with van der Waals surface area (Å²) < 4.78 is 12.5. The van der Waals surface area contributed by atoms with Crippen molar-refractivity contribution >= 4 is 27.5 Å². The highest BCUT2D eigenvalue weighted by Gasteiger charge is 2.28. The van der Waals surface area contributed by atoms with Gasteiger partial charge in [-0.1, -0.05) is 18.2 Å². The number of hydrogen-bond donors (Lipinski definition) is 1. The number of hydrogen-bond acceptors (Lipinski definition) is 7. The van der Waals surface area contributed by atoms with E-state index in [1.54, 1.807) is 24.6 Å². The van der Waals surface area contributed by atoms with Crippen molar-refractivity contribution in [3.63, 3.8) is 0 Å². The van der Waals surface area contributed by atoms with Crippen LogP contribution in [0.2, 0.25) is 0 Å². The van der Waals surface area contributed by atoms with Crippen molar-refractivity contribution in [1.82, 2.24) is 20.2 Å². The molecule has 1 saturated heterocycles. The Bertz CT molecular complexity index is 1290. The van der Waals surface area contributed by atoms with Gasteiger partial charge >= 0.3 is 0 Å². The Balaban J connectivity index is 1.14. The number of carbonyl (C=O) groups excluding carboxylic acids is 1. The maximum Gasteiger partial charge on any atom is 0.224 e. The molecule has 2 aromatic carbocycles. The van der Waals surface area contributed by atoms with Crippen molar-refractivity contribution in [2.24, 2.45) is 5.92 Å². The predicted octanol–water partition coefficient (Wildman–Crippen LogP) is 4.70. The number of methoxy groups -OCH3 is 1. The van der Waals surface area contributed by atoms with Gasteiger partial charge in [-0.25, -0.2) is 4.98 Å². The Kier molecular flexibility index (Phi) is 7.73. The zero-order valence-corrected chi connectivity index (χ0v) is 21.1. The van der Waals surface area contributed by atoms with E-state index in [1.807, 2.05) is 66.2 Å². The van der Waals surface area contributed by atoms with Crippen LogP contribution in [0.15, 0.2) is 72.4 Å². The van der Waals surface area contributed by atoms with E-state index in [1.165, 1.54) is 0 Å². The molecule has 0 bridgehead atoms. The van der Waals surface area contributed by atoms with Gasteiger partial charge in [0.2, 0.25) is 5.91 Å². The van der Waals surface area contributed by atoms with Gasteiger partial charge in [-0.3, -0.25) is 14.7 Å². The number of rotatable bonds is 9. The summed E-state index contributed by atoms with van der Waals surface area (Å²) in [5.74, 6) is 1.68. The van der Waals surface area contributed by atoms with E-state index < -0.39 is 0 Å². The summed E-state index contributed by atoms with van der Waals surface area (Å²) in [6.45, 7) is 3.22. The molecular formula is C28H30N4O3S. The lowest BCUT2D eigenvalue weighted by atomic mass is 9.94. The van der Waals surface area contributed by atoms with E-state index in [0.29, 0.717) is 6.61 Å². The van der Waals surface area contributed by atoms with Gasteiger partial charge < -0.3 is 14.8 Å². The fraction of sp³-hybridized carbons (Fsp3) is 0.321. The van der Waals surface area contributed by atoms with Crippen LogP contribution in [-0.2, 0) is 4.79 Å². The summed E-state index contributed by atoms with van der Waals surface area (Å²) in [5, 5.41) is 3.26. The van der Waals surface area contributed by atoms with Crippen molar-refractivity contribution in [1.29, 1.82) is 0 Å². The van der Waals surface area contributed by atoms with Gasteiger partial charge in [0.25, 0.3) is 0 Å². The minimum absolute atomic E-state index is 0.0206. The Labute approximate surface area is 215 Å². The number of benzene rings is 2. The van der Waals surface area contributed by atoms with Gasteiger partial charge in [0.1, 0.15) is 18.1 Å². The second-order valence-electron chi connectivity index (χ2n) is 8.92. The lowest BCUT2D eigenvalue weighted by Crippen LogP contribution is -2.42. The number of piperidine rings is 1. The number of nitrogens with one attached hydrogen (secondary N) is 1. The van der Waals surface area contributed by atoms with E-state index in [4.69, 9.17) is 9.47 Å².